The molecule has 0 atom stereocenters. The van der Waals surface area contributed by atoms with Gasteiger partial charge in [0, 0.05) is 12.7 Å². The summed E-state index contributed by atoms with van der Waals surface area (Å²) < 4.78 is 10.3. The van der Waals surface area contributed by atoms with Crippen molar-refractivity contribution in [2.24, 2.45) is 0 Å². The molecule has 0 saturated carbocycles. The molecular formula is C14H13ClO3. The lowest BCUT2D eigenvalue weighted by atomic mass is 10.1. The Balaban J connectivity index is 2.29. The van der Waals surface area contributed by atoms with Crippen molar-refractivity contribution in [3.05, 3.63) is 58.0 Å². The van der Waals surface area contributed by atoms with Crippen LogP contribution in [0.2, 0.25) is 5.02 Å². The van der Waals surface area contributed by atoms with E-state index >= 15 is 0 Å². The third-order valence-electron chi connectivity index (χ3n) is 2.54. The first-order valence-corrected chi connectivity index (χ1v) is 5.88. The number of carbonyl (C=O) groups is 1. The first-order chi connectivity index (χ1) is 8.61. The molecule has 0 aliphatic heterocycles. The van der Waals surface area contributed by atoms with Crippen molar-refractivity contribution >= 4 is 17.4 Å². The zero-order chi connectivity index (χ0) is 13.1. The number of carbonyl (C=O) groups excluding carboxylic acids is 1. The van der Waals surface area contributed by atoms with Gasteiger partial charge in [0.15, 0.2) is 5.76 Å². The van der Waals surface area contributed by atoms with Gasteiger partial charge in [-0.2, -0.15) is 0 Å². The maximum atomic E-state index is 12.2. The highest BCUT2D eigenvalue weighted by Gasteiger charge is 2.16. The topological polar surface area (TPSA) is 39.4 Å². The smallest absolute Gasteiger partial charge is 0.229 e. The van der Waals surface area contributed by atoms with Crippen LogP contribution in [0.5, 0.6) is 0 Å². The number of aryl methyl sites for hydroxylation is 1. The Morgan fingerprint density at radius 1 is 1.33 bits per heavy atom. The van der Waals surface area contributed by atoms with Gasteiger partial charge in [0.05, 0.1) is 5.02 Å². The molecule has 0 N–H and O–H groups in total. The molecule has 0 aliphatic carbocycles. The number of methoxy groups -OCH3 is 1. The van der Waals surface area contributed by atoms with Crippen molar-refractivity contribution in [3.8, 4) is 0 Å². The molecule has 1 heterocycles. The summed E-state index contributed by atoms with van der Waals surface area (Å²) in [6, 6.07) is 8.66. The van der Waals surface area contributed by atoms with Crippen LogP contribution in [0, 0.1) is 6.92 Å². The molecule has 2 aromatic rings. The fourth-order valence-electron chi connectivity index (χ4n) is 1.66. The average Bonchev–Trinajstić information content (AvgIpc) is 2.77. The first-order valence-electron chi connectivity index (χ1n) is 5.50. The highest BCUT2D eigenvalue weighted by molar-refractivity contribution is 6.34. The van der Waals surface area contributed by atoms with Gasteiger partial charge >= 0.3 is 0 Å². The Kier molecular flexibility index (Phi) is 3.84. The summed E-state index contributed by atoms with van der Waals surface area (Å²) in [4.78, 5) is 12.2. The predicted octanol–water partition coefficient (Wildman–Crippen LogP) is 3.62. The van der Waals surface area contributed by atoms with E-state index in [1.807, 2.05) is 13.0 Å². The summed E-state index contributed by atoms with van der Waals surface area (Å²) in [6.07, 6.45) is 0. The lowest BCUT2D eigenvalue weighted by Crippen LogP contribution is -2.00. The average molecular weight is 265 g/mol. The van der Waals surface area contributed by atoms with Crippen LogP contribution < -0.4 is 0 Å². The molecule has 0 spiro atoms. The Hall–Kier alpha value is -1.58. The van der Waals surface area contributed by atoms with Crippen molar-refractivity contribution in [3.63, 3.8) is 0 Å². The normalized spacial score (nSPS) is 10.6. The SMILES string of the molecule is COCc1ccc(C(=O)c2ccc(C)cc2Cl)o1. The van der Waals surface area contributed by atoms with Crippen LogP contribution in [0.25, 0.3) is 0 Å². The van der Waals surface area contributed by atoms with Crippen LogP contribution in [-0.2, 0) is 11.3 Å². The van der Waals surface area contributed by atoms with Crippen molar-refractivity contribution < 1.29 is 13.9 Å². The molecule has 0 amide bonds. The minimum Gasteiger partial charge on any atom is -0.455 e. The highest BCUT2D eigenvalue weighted by atomic mass is 35.5. The molecular weight excluding hydrogens is 252 g/mol. The Bertz CT molecular complexity index is 572. The van der Waals surface area contributed by atoms with Gasteiger partial charge in [-0.05, 0) is 36.8 Å². The van der Waals surface area contributed by atoms with Gasteiger partial charge in [-0.1, -0.05) is 17.7 Å². The van der Waals surface area contributed by atoms with Crippen molar-refractivity contribution in [1.29, 1.82) is 0 Å². The van der Waals surface area contributed by atoms with Crippen molar-refractivity contribution in [2.75, 3.05) is 7.11 Å². The minimum atomic E-state index is -0.220. The number of hydrogen-bond donors (Lipinski definition) is 0. The standard InChI is InChI=1S/C14H13ClO3/c1-9-3-5-11(12(15)7-9)14(16)13-6-4-10(18-13)8-17-2/h3-7H,8H2,1-2H3. The lowest BCUT2D eigenvalue weighted by molar-refractivity contribution is 0.1000. The maximum absolute atomic E-state index is 12.2. The van der Waals surface area contributed by atoms with Crippen LogP contribution in [0.15, 0.2) is 34.7 Å². The zero-order valence-corrected chi connectivity index (χ0v) is 11.0. The molecule has 1 aromatic carbocycles. The number of furan rings is 1. The minimum absolute atomic E-state index is 0.220. The number of ether oxygens (including phenoxy) is 1. The molecule has 94 valence electrons. The van der Waals surface area contributed by atoms with Gasteiger partial charge in [-0.3, -0.25) is 4.79 Å². The summed E-state index contributed by atoms with van der Waals surface area (Å²) >= 11 is 6.06. The first kappa shape index (κ1) is 12.9. The largest absolute Gasteiger partial charge is 0.455 e. The van der Waals surface area contributed by atoms with E-state index in [0.717, 1.165) is 5.56 Å². The van der Waals surface area contributed by atoms with Crippen LogP contribution in [0.1, 0.15) is 27.4 Å². The summed E-state index contributed by atoms with van der Waals surface area (Å²) in [6.45, 7) is 2.26. The monoisotopic (exact) mass is 264 g/mol. The second-order valence-corrected chi connectivity index (χ2v) is 4.42. The van der Waals surface area contributed by atoms with Gasteiger partial charge in [0.25, 0.3) is 0 Å². The van der Waals surface area contributed by atoms with E-state index in [1.54, 1.807) is 31.4 Å². The fourth-order valence-corrected chi connectivity index (χ4v) is 1.98. The molecule has 0 unspecified atom stereocenters. The van der Waals surface area contributed by atoms with Gasteiger partial charge in [0.1, 0.15) is 12.4 Å². The Morgan fingerprint density at radius 2 is 2.11 bits per heavy atom. The Labute approximate surface area is 110 Å². The molecule has 0 saturated heterocycles. The van der Waals surface area contributed by atoms with Gasteiger partial charge in [-0.25, -0.2) is 0 Å². The molecule has 4 heteroatoms. The Morgan fingerprint density at radius 3 is 2.78 bits per heavy atom. The molecule has 3 nitrogen and oxygen atoms in total. The molecule has 18 heavy (non-hydrogen) atoms. The van der Waals surface area contributed by atoms with E-state index in [2.05, 4.69) is 0 Å². The van der Waals surface area contributed by atoms with Crippen LogP contribution in [0.3, 0.4) is 0 Å². The second-order valence-electron chi connectivity index (χ2n) is 4.01. The van der Waals surface area contributed by atoms with E-state index in [1.165, 1.54) is 0 Å². The van der Waals surface area contributed by atoms with Crippen LogP contribution in [0.4, 0.5) is 0 Å². The summed E-state index contributed by atoms with van der Waals surface area (Å²) in [5.41, 5.74) is 1.46. The molecule has 2 rings (SSSR count). The third kappa shape index (κ3) is 2.63. The molecule has 0 bridgehead atoms. The van der Waals surface area contributed by atoms with Crippen molar-refractivity contribution in [1.82, 2.24) is 0 Å². The molecule has 0 fully saturated rings. The fraction of sp³-hybridized carbons (Fsp3) is 0.214. The number of hydrogen-bond acceptors (Lipinski definition) is 3. The summed E-state index contributed by atoms with van der Waals surface area (Å²) in [7, 11) is 1.57. The van der Waals surface area contributed by atoms with Crippen LogP contribution in [-0.4, -0.2) is 12.9 Å². The van der Waals surface area contributed by atoms with E-state index in [4.69, 9.17) is 20.8 Å². The van der Waals surface area contributed by atoms with E-state index < -0.39 is 0 Å². The van der Waals surface area contributed by atoms with Crippen LogP contribution >= 0.6 is 11.6 Å². The quantitative estimate of drug-likeness (QED) is 0.792. The van der Waals surface area contributed by atoms with Gasteiger partial charge in [0.2, 0.25) is 5.78 Å². The molecule has 0 aliphatic rings. The zero-order valence-electron chi connectivity index (χ0n) is 10.2. The van der Waals surface area contributed by atoms with Gasteiger partial charge < -0.3 is 9.15 Å². The maximum Gasteiger partial charge on any atom is 0.229 e. The molecule has 0 radical (unpaired) electrons. The summed E-state index contributed by atoms with van der Waals surface area (Å²) in [5, 5.41) is 0.435. The van der Waals surface area contributed by atoms with E-state index in [0.29, 0.717) is 23.0 Å². The number of rotatable bonds is 4. The van der Waals surface area contributed by atoms with Gasteiger partial charge in [-0.15, -0.1) is 0 Å². The molecule has 1 aromatic heterocycles. The second kappa shape index (κ2) is 5.38. The number of ketones is 1. The summed E-state index contributed by atoms with van der Waals surface area (Å²) in [5.74, 6) is 0.666. The third-order valence-corrected chi connectivity index (χ3v) is 2.85. The van der Waals surface area contributed by atoms with E-state index in [-0.39, 0.29) is 11.5 Å². The highest BCUT2D eigenvalue weighted by Crippen LogP contribution is 2.22. The van der Waals surface area contributed by atoms with E-state index in [9.17, 15) is 4.79 Å². The van der Waals surface area contributed by atoms with Crippen molar-refractivity contribution in [2.45, 2.75) is 13.5 Å². The number of benzene rings is 1. The lowest BCUT2D eigenvalue weighted by Gasteiger charge is -2.02. The predicted molar refractivity (Wildman–Crippen MR) is 69.0 cm³/mol. The number of halogens is 1.